The fourth-order valence-corrected chi connectivity index (χ4v) is 9.04. The van der Waals surface area contributed by atoms with E-state index in [1.807, 2.05) is 47.5 Å². The Bertz CT molecular complexity index is 3000. The minimum Gasteiger partial charge on any atom is -0.489 e. The number of imidazole rings is 1. The Morgan fingerprint density at radius 3 is 2.29 bits per heavy atom. The van der Waals surface area contributed by atoms with Crippen LogP contribution in [0.3, 0.4) is 0 Å². The van der Waals surface area contributed by atoms with Crippen molar-refractivity contribution in [1.29, 1.82) is 5.26 Å². The number of carbonyl (C=O) groups excluding carboxylic acids is 3. The second kappa shape index (κ2) is 22.0. The number of nitrogen functional groups attached to an aromatic ring is 2. The van der Waals surface area contributed by atoms with Crippen molar-refractivity contribution in [3.63, 3.8) is 0 Å². The van der Waals surface area contributed by atoms with Crippen LogP contribution in [0.4, 0.5) is 32.1 Å². The minimum absolute atomic E-state index is 0.0106. The van der Waals surface area contributed by atoms with E-state index in [4.69, 9.17) is 36.1 Å². The summed E-state index contributed by atoms with van der Waals surface area (Å²) in [4.78, 5) is 78.0. The number of ether oxygens (including phenoxy) is 4. The highest BCUT2D eigenvalue weighted by molar-refractivity contribution is 5.96. The van der Waals surface area contributed by atoms with Crippen LogP contribution in [0.25, 0.3) is 11.3 Å². The number of halogens is 2. The van der Waals surface area contributed by atoms with Crippen molar-refractivity contribution in [3.05, 3.63) is 65.9 Å². The number of hydrogen-bond acceptors (Lipinski definition) is 20. The maximum atomic E-state index is 13.8. The number of primary amides is 1. The van der Waals surface area contributed by atoms with Gasteiger partial charge in [0.25, 0.3) is 23.6 Å². The Kier molecular flexibility index (Phi) is 15.3. The lowest BCUT2D eigenvalue weighted by atomic mass is 9.92. The van der Waals surface area contributed by atoms with Gasteiger partial charge in [0.05, 0.1) is 49.0 Å². The number of pyridine rings is 2. The molecule has 0 bridgehead atoms. The van der Waals surface area contributed by atoms with Gasteiger partial charge in [-0.2, -0.15) is 30.2 Å². The Morgan fingerprint density at radius 1 is 0.868 bits per heavy atom. The molecule has 24 nitrogen and oxygen atoms in total. The molecule has 4 atom stereocenters. The van der Waals surface area contributed by atoms with Gasteiger partial charge in [0.15, 0.2) is 17.3 Å². The number of nitrogens with one attached hydrogen (secondary N) is 2. The van der Waals surface area contributed by atoms with Gasteiger partial charge in [0.1, 0.15) is 30.1 Å². The molecule has 76 heavy (non-hydrogen) atoms. The van der Waals surface area contributed by atoms with E-state index < -0.39 is 47.1 Å². The van der Waals surface area contributed by atoms with Crippen molar-refractivity contribution in [3.8, 4) is 35.1 Å². The Hall–Kier alpha value is -8.08. The summed E-state index contributed by atoms with van der Waals surface area (Å²) in [6, 6.07) is 7.91. The number of nitrogens with zero attached hydrogens (tertiary/aromatic N) is 12. The van der Waals surface area contributed by atoms with E-state index in [2.05, 4.69) is 56.6 Å². The number of hydrogen-bond donors (Lipinski definition) is 5. The summed E-state index contributed by atoms with van der Waals surface area (Å²) >= 11 is 0. The maximum absolute atomic E-state index is 13.8. The van der Waals surface area contributed by atoms with Gasteiger partial charge in [-0.15, -0.1) is 0 Å². The average molecular weight is 1050 g/mol. The van der Waals surface area contributed by atoms with Crippen LogP contribution in [-0.2, 0) is 11.8 Å². The van der Waals surface area contributed by atoms with Crippen LogP contribution in [0.5, 0.6) is 17.8 Å². The first-order chi connectivity index (χ1) is 36.3. The highest BCUT2D eigenvalue weighted by Gasteiger charge is 2.58. The SMILES string of the molecule is CC(C)NC(=O)c1nc(OCC2(C#N)CC2OC[C@@H](C)NC(=O)c2cc(N3CCC(c4ccc(N)c(C(N)=O)n4)CC3)nc(OCC3CC3(F)F)n2)nc(N2CCC(COc3cc(-c4cn(C)cn4)cnc3N)CC2)n1. The van der Waals surface area contributed by atoms with E-state index in [9.17, 15) is 28.4 Å². The van der Waals surface area contributed by atoms with Crippen LogP contribution in [0.2, 0.25) is 0 Å². The van der Waals surface area contributed by atoms with Crippen molar-refractivity contribution in [2.75, 3.05) is 73.9 Å². The van der Waals surface area contributed by atoms with Crippen LogP contribution in [-0.4, -0.2) is 139 Å². The minimum atomic E-state index is -2.83. The molecule has 3 unspecified atom stereocenters. The van der Waals surface area contributed by atoms with Gasteiger partial charge in [-0.3, -0.25) is 14.4 Å². The molecule has 2 saturated heterocycles. The van der Waals surface area contributed by atoms with Crippen molar-refractivity contribution in [2.45, 2.75) is 89.3 Å². The zero-order valence-electron chi connectivity index (χ0n) is 42.6. The standard InChI is InChI=1S/C50H61F2N17O7/c1-27(2)59-45(72)43-64-46(69-11-7-29(8-12-69)22-73-37-15-31(19-57-41(37)55)36-20-67(4)26-58-36)66-48(65-43)76-25-49(24-53)18-38(49)74-21-28(3)60-44(71)35-16-39(63-47(62-35)75-23-32-17-50(32,51)52)68-13-9-30(10-14-68)34-6-5-33(54)40(61-34)42(56)70/h5-6,15-16,19-20,26-30,32,38H,7-14,17-18,21-23,25,54H2,1-4H3,(H2,55,57)(H2,56,70)(H,59,72)(H,60,71)/t28-,32?,38?,49?/m1/s1. The normalized spacial score (nSPS) is 20.6. The van der Waals surface area contributed by atoms with Gasteiger partial charge < -0.3 is 61.1 Å². The predicted octanol–water partition coefficient (Wildman–Crippen LogP) is 3.46. The molecule has 2 saturated carbocycles. The molecule has 9 rings (SSSR count). The quantitative estimate of drug-likeness (QED) is 0.0702. The zero-order chi connectivity index (χ0) is 53.9. The van der Waals surface area contributed by atoms with Crippen molar-refractivity contribution in [1.82, 2.24) is 55.1 Å². The van der Waals surface area contributed by atoms with E-state index in [0.717, 1.165) is 24.1 Å². The van der Waals surface area contributed by atoms with Gasteiger partial charge in [-0.05, 0) is 77.0 Å². The third-order valence-corrected chi connectivity index (χ3v) is 13.8. The fourth-order valence-electron chi connectivity index (χ4n) is 9.04. The monoisotopic (exact) mass is 1050 g/mol. The number of aromatic nitrogens is 9. The number of amides is 3. The number of rotatable bonds is 21. The second-order valence-corrected chi connectivity index (χ2v) is 20.3. The van der Waals surface area contributed by atoms with Crippen molar-refractivity contribution in [2.24, 2.45) is 30.0 Å². The lowest BCUT2D eigenvalue weighted by Gasteiger charge is -2.33. The lowest BCUT2D eigenvalue weighted by molar-refractivity contribution is 0.0666. The number of aryl methyl sites for hydroxylation is 1. The van der Waals surface area contributed by atoms with Crippen LogP contribution in [0.15, 0.2) is 43.0 Å². The predicted molar refractivity (Wildman–Crippen MR) is 270 cm³/mol. The molecule has 0 aromatic carbocycles. The molecule has 26 heteroatoms. The highest BCUT2D eigenvalue weighted by Crippen LogP contribution is 2.49. The van der Waals surface area contributed by atoms with Crippen LogP contribution in [0.1, 0.15) is 103 Å². The van der Waals surface area contributed by atoms with E-state index in [1.54, 1.807) is 31.6 Å². The molecule has 8 N–H and O–H groups in total. The first-order valence-electron chi connectivity index (χ1n) is 25.2. The highest BCUT2D eigenvalue weighted by atomic mass is 19.3. The molecule has 402 valence electrons. The molecule has 2 aliphatic heterocycles. The van der Waals surface area contributed by atoms with Crippen LogP contribution >= 0.6 is 0 Å². The van der Waals surface area contributed by atoms with Gasteiger partial charge in [-0.1, -0.05) is 0 Å². The third kappa shape index (κ3) is 12.5. The van der Waals surface area contributed by atoms with Gasteiger partial charge in [0.2, 0.25) is 11.8 Å². The van der Waals surface area contributed by atoms with E-state index >= 15 is 0 Å². The summed E-state index contributed by atoms with van der Waals surface area (Å²) in [5.41, 5.74) is 18.8. The second-order valence-electron chi connectivity index (χ2n) is 20.3. The van der Waals surface area contributed by atoms with Crippen LogP contribution in [0, 0.1) is 28.6 Å². The van der Waals surface area contributed by atoms with Gasteiger partial charge >= 0.3 is 12.0 Å². The third-order valence-electron chi connectivity index (χ3n) is 13.8. The van der Waals surface area contributed by atoms with E-state index in [1.165, 1.54) is 6.07 Å². The van der Waals surface area contributed by atoms with Crippen LogP contribution < -0.4 is 51.8 Å². The molecule has 0 radical (unpaired) electrons. The number of anilines is 4. The number of nitrogens with two attached hydrogens (primary N) is 3. The topological polar surface area (TPSA) is 329 Å². The summed E-state index contributed by atoms with van der Waals surface area (Å²) in [6.45, 7) is 7.39. The molecule has 4 aliphatic rings. The molecule has 5 aromatic rings. The summed E-state index contributed by atoms with van der Waals surface area (Å²) < 4.78 is 53.4. The molecule has 4 fully saturated rings. The summed E-state index contributed by atoms with van der Waals surface area (Å²) in [7, 11) is 1.89. The summed E-state index contributed by atoms with van der Waals surface area (Å²) in [5.74, 6) is -4.20. The summed E-state index contributed by atoms with van der Waals surface area (Å²) in [5, 5.41) is 16.0. The first kappa shape index (κ1) is 52.8. The number of nitriles is 1. The Labute approximate surface area is 436 Å². The molecule has 3 amide bonds. The molecule has 0 spiro atoms. The zero-order valence-corrected chi connectivity index (χ0v) is 42.6. The molecular formula is C50H61F2N17O7. The Morgan fingerprint density at radius 2 is 1.61 bits per heavy atom. The molecule has 5 aromatic heterocycles. The largest absolute Gasteiger partial charge is 0.489 e. The van der Waals surface area contributed by atoms with Crippen molar-refractivity contribution < 1.29 is 42.1 Å². The van der Waals surface area contributed by atoms with Gasteiger partial charge in [-0.25, -0.2) is 23.7 Å². The van der Waals surface area contributed by atoms with Crippen molar-refractivity contribution >= 4 is 41.0 Å². The smallest absolute Gasteiger partial charge is 0.322 e. The molecule has 7 heterocycles. The Balaban J connectivity index is 0.791. The fraction of sp³-hybridized carbons (Fsp3) is 0.520. The molecule has 2 aliphatic carbocycles. The van der Waals surface area contributed by atoms with Gasteiger partial charge in [0, 0.05) is 87.4 Å². The first-order valence-corrected chi connectivity index (χ1v) is 25.2. The molecular weight excluding hydrogens is 989 g/mol. The number of alkyl halides is 2. The lowest BCUT2D eigenvalue weighted by Crippen LogP contribution is -2.38. The van der Waals surface area contributed by atoms with E-state index in [-0.39, 0.29) is 90.8 Å². The number of carbonyl (C=O) groups is 3. The number of piperidine rings is 2. The average Bonchev–Trinajstić information content (AvgIpc) is 4.23. The summed E-state index contributed by atoms with van der Waals surface area (Å²) in [6.07, 6.45) is 7.38. The van der Waals surface area contributed by atoms with E-state index in [0.29, 0.717) is 69.3 Å². The maximum Gasteiger partial charge on any atom is 0.322 e.